The maximum absolute atomic E-state index is 10.9. The molecule has 3 aromatic rings. The SMILES string of the molecule is C[C@@]1(O)CCN(Cc2cccc3nonc23)C[C@@H]1Cc1ccccc1. The molecule has 0 amide bonds. The van der Waals surface area contributed by atoms with Crippen LogP contribution in [0.3, 0.4) is 0 Å². The zero-order chi connectivity index (χ0) is 17.3. The van der Waals surface area contributed by atoms with Gasteiger partial charge in [0.2, 0.25) is 0 Å². The Balaban J connectivity index is 1.51. The van der Waals surface area contributed by atoms with Gasteiger partial charge in [-0.05, 0) is 47.3 Å². The van der Waals surface area contributed by atoms with E-state index in [4.69, 9.17) is 4.63 Å². The quantitative estimate of drug-likeness (QED) is 0.793. The number of aromatic nitrogens is 2. The van der Waals surface area contributed by atoms with Crippen LogP contribution < -0.4 is 0 Å². The summed E-state index contributed by atoms with van der Waals surface area (Å²) in [5.41, 5.74) is 3.39. The zero-order valence-corrected chi connectivity index (χ0v) is 14.4. The van der Waals surface area contributed by atoms with E-state index in [0.717, 1.165) is 49.1 Å². The average molecular weight is 337 g/mol. The molecule has 0 radical (unpaired) electrons. The van der Waals surface area contributed by atoms with Crippen LogP contribution in [0.2, 0.25) is 0 Å². The third-order valence-electron chi connectivity index (χ3n) is 5.38. The highest BCUT2D eigenvalue weighted by Crippen LogP contribution is 2.31. The zero-order valence-electron chi connectivity index (χ0n) is 14.4. The summed E-state index contributed by atoms with van der Waals surface area (Å²) in [5.74, 6) is 0.207. The van der Waals surface area contributed by atoms with E-state index in [1.54, 1.807) is 0 Å². The van der Waals surface area contributed by atoms with Gasteiger partial charge in [0.25, 0.3) is 0 Å². The van der Waals surface area contributed by atoms with Crippen molar-refractivity contribution in [2.45, 2.75) is 31.9 Å². The molecular weight excluding hydrogens is 314 g/mol. The van der Waals surface area contributed by atoms with Gasteiger partial charge < -0.3 is 5.11 Å². The monoisotopic (exact) mass is 337 g/mol. The first-order valence-electron chi connectivity index (χ1n) is 8.81. The molecule has 1 N–H and O–H groups in total. The van der Waals surface area contributed by atoms with Crippen molar-refractivity contribution in [2.24, 2.45) is 5.92 Å². The Kier molecular flexibility index (Phi) is 4.27. The first-order chi connectivity index (χ1) is 12.1. The lowest BCUT2D eigenvalue weighted by Gasteiger charge is -2.43. The van der Waals surface area contributed by atoms with Gasteiger partial charge in [-0.1, -0.05) is 42.5 Å². The molecule has 130 valence electrons. The highest BCUT2D eigenvalue weighted by atomic mass is 16.6. The highest BCUT2D eigenvalue weighted by molar-refractivity contribution is 5.76. The molecule has 0 unspecified atom stereocenters. The number of rotatable bonds is 4. The molecule has 5 heteroatoms. The Hall–Kier alpha value is -2.24. The molecule has 2 aromatic carbocycles. The van der Waals surface area contributed by atoms with Crippen LogP contribution in [-0.4, -0.2) is 39.0 Å². The van der Waals surface area contributed by atoms with E-state index >= 15 is 0 Å². The van der Waals surface area contributed by atoms with Gasteiger partial charge in [0, 0.05) is 25.6 Å². The van der Waals surface area contributed by atoms with E-state index in [1.165, 1.54) is 5.56 Å². The molecule has 2 heterocycles. The van der Waals surface area contributed by atoms with Crippen LogP contribution in [0, 0.1) is 5.92 Å². The van der Waals surface area contributed by atoms with Gasteiger partial charge in [0.1, 0.15) is 11.0 Å². The summed E-state index contributed by atoms with van der Waals surface area (Å²) in [6.07, 6.45) is 1.66. The lowest BCUT2D eigenvalue weighted by atomic mass is 9.78. The van der Waals surface area contributed by atoms with Crippen molar-refractivity contribution in [1.29, 1.82) is 0 Å². The van der Waals surface area contributed by atoms with E-state index in [0.29, 0.717) is 0 Å². The van der Waals surface area contributed by atoms with Gasteiger partial charge in [0.15, 0.2) is 0 Å². The number of benzene rings is 2. The van der Waals surface area contributed by atoms with Gasteiger partial charge in [-0.3, -0.25) is 4.90 Å². The van der Waals surface area contributed by atoms with E-state index in [9.17, 15) is 5.11 Å². The molecule has 0 aliphatic carbocycles. The van der Waals surface area contributed by atoms with E-state index < -0.39 is 5.60 Å². The summed E-state index contributed by atoms with van der Waals surface area (Å²) in [7, 11) is 0. The van der Waals surface area contributed by atoms with Crippen molar-refractivity contribution in [2.75, 3.05) is 13.1 Å². The number of hydrogen-bond acceptors (Lipinski definition) is 5. The van der Waals surface area contributed by atoms with Crippen LogP contribution in [0.5, 0.6) is 0 Å². The van der Waals surface area contributed by atoms with Crippen LogP contribution in [0.1, 0.15) is 24.5 Å². The molecule has 1 fully saturated rings. The van der Waals surface area contributed by atoms with Gasteiger partial charge in [-0.15, -0.1) is 0 Å². The summed E-state index contributed by atoms with van der Waals surface area (Å²) in [4.78, 5) is 2.40. The molecule has 0 bridgehead atoms. The van der Waals surface area contributed by atoms with E-state index in [1.807, 2.05) is 25.1 Å². The predicted octanol–water partition coefficient (Wildman–Crippen LogP) is 3.04. The van der Waals surface area contributed by atoms with Crippen molar-refractivity contribution in [3.8, 4) is 0 Å². The third-order valence-corrected chi connectivity index (χ3v) is 5.38. The fourth-order valence-corrected chi connectivity index (χ4v) is 3.75. The van der Waals surface area contributed by atoms with Gasteiger partial charge >= 0.3 is 0 Å². The van der Waals surface area contributed by atoms with Crippen LogP contribution in [0.25, 0.3) is 11.0 Å². The summed E-state index contributed by atoms with van der Waals surface area (Å²) in [6.45, 7) is 4.51. The maximum Gasteiger partial charge on any atom is 0.139 e. The Labute approximate surface area is 147 Å². The molecule has 4 rings (SSSR count). The largest absolute Gasteiger partial charge is 0.390 e. The number of fused-ring (bicyclic) bond motifs is 1. The van der Waals surface area contributed by atoms with Crippen molar-refractivity contribution < 1.29 is 9.74 Å². The molecular formula is C20H23N3O2. The van der Waals surface area contributed by atoms with E-state index in [-0.39, 0.29) is 5.92 Å². The summed E-state index contributed by atoms with van der Waals surface area (Å²) in [6, 6.07) is 16.4. The lowest BCUT2D eigenvalue weighted by molar-refractivity contribution is -0.0593. The fourth-order valence-electron chi connectivity index (χ4n) is 3.75. The van der Waals surface area contributed by atoms with Crippen molar-refractivity contribution in [3.63, 3.8) is 0 Å². The molecule has 2 atom stereocenters. The Bertz CT molecular complexity index is 844. The third kappa shape index (κ3) is 3.43. The van der Waals surface area contributed by atoms with Gasteiger partial charge in [-0.25, -0.2) is 4.63 Å². The topological polar surface area (TPSA) is 62.4 Å². The molecule has 1 aliphatic heterocycles. The minimum absolute atomic E-state index is 0.207. The number of nitrogens with zero attached hydrogens (tertiary/aromatic N) is 3. The molecule has 1 aliphatic rings. The molecule has 1 saturated heterocycles. The first-order valence-corrected chi connectivity index (χ1v) is 8.81. The van der Waals surface area contributed by atoms with Crippen LogP contribution in [0.4, 0.5) is 0 Å². The smallest absolute Gasteiger partial charge is 0.139 e. The highest BCUT2D eigenvalue weighted by Gasteiger charge is 2.37. The van der Waals surface area contributed by atoms with Gasteiger partial charge in [0.05, 0.1) is 5.60 Å². The second-order valence-corrected chi connectivity index (χ2v) is 7.28. The fraction of sp³-hybridized carbons (Fsp3) is 0.400. The van der Waals surface area contributed by atoms with E-state index in [2.05, 4.69) is 45.5 Å². The molecule has 25 heavy (non-hydrogen) atoms. The predicted molar refractivity (Wildman–Crippen MR) is 96.0 cm³/mol. The Morgan fingerprint density at radius 3 is 2.84 bits per heavy atom. The number of hydrogen-bond donors (Lipinski definition) is 1. The Morgan fingerprint density at radius 2 is 2.00 bits per heavy atom. The summed E-state index contributed by atoms with van der Waals surface area (Å²) >= 11 is 0. The second-order valence-electron chi connectivity index (χ2n) is 7.28. The first kappa shape index (κ1) is 16.2. The number of aliphatic hydroxyl groups is 1. The van der Waals surface area contributed by atoms with Crippen LogP contribution in [-0.2, 0) is 13.0 Å². The minimum Gasteiger partial charge on any atom is -0.390 e. The van der Waals surface area contributed by atoms with Crippen molar-refractivity contribution >= 4 is 11.0 Å². The number of likely N-dealkylation sites (tertiary alicyclic amines) is 1. The minimum atomic E-state index is -0.631. The van der Waals surface area contributed by atoms with Gasteiger partial charge in [-0.2, -0.15) is 0 Å². The molecule has 0 spiro atoms. The Morgan fingerprint density at radius 1 is 1.16 bits per heavy atom. The average Bonchev–Trinajstić information content (AvgIpc) is 3.09. The number of piperidine rings is 1. The second kappa shape index (κ2) is 6.58. The standard InChI is InChI=1S/C20H23N3O2/c1-20(24)10-11-23(14-17(20)12-15-6-3-2-4-7-15)13-16-8-5-9-18-19(16)22-25-21-18/h2-9,17,24H,10-14H2,1H3/t17-,20+/m0/s1. The normalized spacial score (nSPS) is 24.6. The van der Waals surface area contributed by atoms with Crippen molar-refractivity contribution in [1.82, 2.24) is 15.2 Å². The molecule has 0 saturated carbocycles. The maximum atomic E-state index is 10.9. The van der Waals surface area contributed by atoms with Crippen molar-refractivity contribution in [3.05, 3.63) is 59.7 Å². The molecule has 1 aromatic heterocycles. The summed E-state index contributed by atoms with van der Waals surface area (Å²) < 4.78 is 4.87. The molecule has 5 nitrogen and oxygen atoms in total. The van der Waals surface area contributed by atoms with Crippen LogP contribution >= 0.6 is 0 Å². The van der Waals surface area contributed by atoms with Crippen LogP contribution in [0.15, 0.2) is 53.2 Å². The summed E-state index contributed by atoms with van der Waals surface area (Å²) in [5, 5.41) is 18.8. The lowest BCUT2D eigenvalue weighted by Crippen LogP contribution is -2.50.